The number of carbonyl (C=O) groups excluding carboxylic acids is 1. The van der Waals surface area contributed by atoms with Crippen molar-refractivity contribution in [1.29, 1.82) is 0 Å². The van der Waals surface area contributed by atoms with Gasteiger partial charge in [0.25, 0.3) is 5.78 Å². The molecule has 5 heteroatoms. The van der Waals surface area contributed by atoms with Gasteiger partial charge in [0.1, 0.15) is 5.41 Å². The lowest BCUT2D eigenvalue weighted by atomic mass is 10.0. The van der Waals surface area contributed by atoms with Gasteiger partial charge in [0.05, 0.1) is 0 Å². The second kappa shape index (κ2) is 2.05. The van der Waals surface area contributed by atoms with Gasteiger partial charge < -0.3 is 10.2 Å². The van der Waals surface area contributed by atoms with Crippen molar-refractivity contribution in [1.82, 2.24) is 0 Å². The SMILES string of the molecule is O=C(O)C(=O)C1(C(=O)O)CC1. The van der Waals surface area contributed by atoms with Gasteiger partial charge in [-0.25, -0.2) is 4.79 Å². The molecule has 0 radical (unpaired) electrons. The summed E-state index contributed by atoms with van der Waals surface area (Å²) in [5, 5.41) is 16.6. The molecule has 1 fully saturated rings. The Hall–Kier alpha value is -1.39. The maximum Gasteiger partial charge on any atom is 0.373 e. The highest BCUT2D eigenvalue weighted by Gasteiger charge is 2.59. The Bertz CT molecular complexity index is 237. The highest BCUT2D eigenvalue weighted by atomic mass is 16.4. The number of carboxylic acids is 2. The third kappa shape index (κ3) is 0.978. The normalized spacial score (nSPS) is 18.9. The van der Waals surface area contributed by atoms with E-state index in [1.54, 1.807) is 0 Å². The second-order valence-corrected chi connectivity index (χ2v) is 2.52. The maximum absolute atomic E-state index is 10.7. The van der Waals surface area contributed by atoms with Gasteiger partial charge in [-0.05, 0) is 12.8 Å². The van der Waals surface area contributed by atoms with E-state index >= 15 is 0 Å². The lowest BCUT2D eigenvalue weighted by molar-refractivity contribution is -0.158. The van der Waals surface area contributed by atoms with E-state index in [2.05, 4.69) is 0 Å². The minimum absolute atomic E-state index is 0.146. The average molecular weight is 158 g/mol. The summed E-state index contributed by atoms with van der Waals surface area (Å²) < 4.78 is 0. The molecule has 0 saturated heterocycles. The van der Waals surface area contributed by atoms with Crippen LogP contribution in [0, 0.1) is 5.41 Å². The molecule has 1 saturated carbocycles. The number of rotatable bonds is 3. The molecule has 0 unspecified atom stereocenters. The fourth-order valence-electron chi connectivity index (χ4n) is 0.868. The van der Waals surface area contributed by atoms with E-state index in [1.165, 1.54) is 0 Å². The van der Waals surface area contributed by atoms with Gasteiger partial charge >= 0.3 is 11.9 Å². The van der Waals surface area contributed by atoms with Crippen LogP contribution >= 0.6 is 0 Å². The van der Waals surface area contributed by atoms with Gasteiger partial charge in [-0.1, -0.05) is 0 Å². The first-order valence-electron chi connectivity index (χ1n) is 3.02. The Morgan fingerprint density at radius 3 is 1.64 bits per heavy atom. The van der Waals surface area contributed by atoms with Gasteiger partial charge in [0.2, 0.25) is 0 Å². The molecule has 1 aliphatic carbocycles. The molecule has 0 amide bonds. The van der Waals surface area contributed by atoms with E-state index in [1.807, 2.05) is 0 Å². The van der Waals surface area contributed by atoms with Crippen molar-refractivity contribution in [2.75, 3.05) is 0 Å². The number of carbonyl (C=O) groups is 3. The summed E-state index contributed by atoms with van der Waals surface area (Å²) in [6.07, 6.45) is 0.293. The Kier molecular flexibility index (Phi) is 1.44. The molecule has 1 rings (SSSR count). The molecule has 0 atom stereocenters. The van der Waals surface area contributed by atoms with Crippen LogP contribution in [0.1, 0.15) is 12.8 Å². The maximum atomic E-state index is 10.7. The minimum atomic E-state index is -1.66. The fourth-order valence-corrected chi connectivity index (χ4v) is 0.868. The van der Waals surface area contributed by atoms with Crippen molar-refractivity contribution in [2.24, 2.45) is 5.41 Å². The summed E-state index contributed by atoms with van der Waals surface area (Å²) in [5.74, 6) is -4.19. The fraction of sp³-hybridized carbons (Fsp3) is 0.500. The highest BCUT2D eigenvalue weighted by molar-refractivity contribution is 6.39. The molecule has 0 bridgehead atoms. The predicted molar refractivity (Wildman–Crippen MR) is 31.9 cm³/mol. The molecule has 0 aromatic rings. The van der Waals surface area contributed by atoms with Crippen molar-refractivity contribution in [2.45, 2.75) is 12.8 Å². The number of hydrogen-bond donors (Lipinski definition) is 2. The lowest BCUT2D eigenvalue weighted by Gasteiger charge is -2.02. The van der Waals surface area contributed by atoms with E-state index in [4.69, 9.17) is 10.2 Å². The van der Waals surface area contributed by atoms with Crippen LogP contribution in [0.15, 0.2) is 0 Å². The van der Waals surface area contributed by atoms with Crippen LogP contribution in [-0.2, 0) is 14.4 Å². The lowest BCUT2D eigenvalue weighted by Crippen LogP contribution is -2.31. The van der Waals surface area contributed by atoms with E-state index in [0.29, 0.717) is 0 Å². The minimum Gasteiger partial charge on any atom is -0.480 e. The number of hydrogen-bond acceptors (Lipinski definition) is 3. The zero-order chi connectivity index (χ0) is 8.65. The van der Waals surface area contributed by atoms with Crippen LogP contribution in [0.5, 0.6) is 0 Å². The van der Waals surface area contributed by atoms with Gasteiger partial charge in [0, 0.05) is 0 Å². The predicted octanol–water partition coefficient (Wildman–Crippen LogP) is -0.495. The summed E-state index contributed by atoms with van der Waals surface area (Å²) in [6.45, 7) is 0. The first kappa shape index (κ1) is 7.71. The van der Waals surface area contributed by atoms with E-state index in [-0.39, 0.29) is 12.8 Å². The van der Waals surface area contributed by atoms with Crippen LogP contribution in [-0.4, -0.2) is 27.9 Å². The molecular formula is C6H6O5. The van der Waals surface area contributed by atoms with Crippen LogP contribution in [0.3, 0.4) is 0 Å². The van der Waals surface area contributed by atoms with E-state index < -0.39 is 23.1 Å². The Morgan fingerprint density at radius 2 is 1.55 bits per heavy atom. The van der Waals surface area contributed by atoms with Crippen LogP contribution in [0.4, 0.5) is 0 Å². The molecule has 1 aliphatic rings. The van der Waals surface area contributed by atoms with Crippen LogP contribution in [0.2, 0.25) is 0 Å². The molecule has 2 N–H and O–H groups in total. The number of Topliss-reactive ketones (excluding diaryl/α,β-unsaturated/α-hetero) is 1. The Labute approximate surface area is 61.6 Å². The van der Waals surface area contributed by atoms with Gasteiger partial charge in [-0.15, -0.1) is 0 Å². The Balaban J connectivity index is 2.82. The van der Waals surface area contributed by atoms with E-state index in [0.717, 1.165) is 0 Å². The van der Waals surface area contributed by atoms with Crippen molar-refractivity contribution in [3.8, 4) is 0 Å². The third-order valence-electron chi connectivity index (χ3n) is 1.79. The zero-order valence-electron chi connectivity index (χ0n) is 5.53. The molecule has 0 heterocycles. The molecule has 11 heavy (non-hydrogen) atoms. The highest BCUT2D eigenvalue weighted by Crippen LogP contribution is 2.46. The van der Waals surface area contributed by atoms with Crippen molar-refractivity contribution < 1.29 is 24.6 Å². The van der Waals surface area contributed by atoms with Gasteiger partial charge in [0.15, 0.2) is 0 Å². The summed E-state index contributed by atoms with van der Waals surface area (Å²) in [6, 6.07) is 0. The zero-order valence-corrected chi connectivity index (χ0v) is 5.53. The third-order valence-corrected chi connectivity index (χ3v) is 1.79. The molecule has 0 aliphatic heterocycles. The first-order valence-corrected chi connectivity index (χ1v) is 3.02. The number of carboxylic acid groups (broad SMARTS) is 2. The second-order valence-electron chi connectivity index (χ2n) is 2.52. The first-order chi connectivity index (χ1) is 5.00. The molecule has 5 nitrogen and oxygen atoms in total. The van der Waals surface area contributed by atoms with Crippen molar-refractivity contribution >= 4 is 17.7 Å². The Morgan fingerprint density at radius 1 is 1.09 bits per heavy atom. The van der Waals surface area contributed by atoms with E-state index in [9.17, 15) is 14.4 Å². The summed E-state index contributed by atoms with van der Waals surface area (Å²) in [5.41, 5.74) is -1.59. The molecule has 0 aromatic heterocycles. The quantitative estimate of drug-likeness (QED) is 0.427. The number of ketones is 1. The summed E-state index contributed by atoms with van der Waals surface area (Å²) in [7, 11) is 0. The molecule has 60 valence electrons. The largest absolute Gasteiger partial charge is 0.480 e. The molecule has 0 aromatic carbocycles. The molecule has 0 spiro atoms. The monoisotopic (exact) mass is 158 g/mol. The smallest absolute Gasteiger partial charge is 0.373 e. The average Bonchev–Trinajstić information content (AvgIpc) is 2.65. The van der Waals surface area contributed by atoms with Crippen LogP contribution in [0.25, 0.3) is 0 Å². The standard InChI is InChI=1S/C6H6O5/c7-3(4(8)9)6(1-2-6)5(10)11/h1-2H2,(H,8,9)(H,10,11). The van der Waals surface area contributed by atoms with Crippen molar-refractivity contribution in [3.05, 3.63) is 0 Å². The van der Waals surface area contributed by atoms with Gasteiger partial charge in [-0.3, -0.25) is 9.59 Å². The summed E-state index contributed by atoms with van der Waals surface area (Å²) >= 11 is 0. The van der Waals surface area contributed by atoms with Crippen LogP contribution < -0.4 is 0 Å². The van der Waals surface area contributed by atoms with Crippen molar-refractivity contribution in [3.63, 3.8) is 0 Å². The molecular weight excluding hydrogens is 152 g/mol. The topological polar surface area (TPSA) is 91.7 Å². The van der Waals surface area contributed by atoms with Gasteiger partial charge in [-0.2, -0.15) is 0 Å². The number of aliphatic carboxylic acids is 2. The summed E-state index contributed by atoms with van der Waals surface area (Å²) in [4.78, 5) is 31.1.